The van der Waals surface area contributed by atoms with Gasteiger partial charge in [-0.2, -0.15) is 5.10 Å². The average molecular weight is 456 g/mol. The van der Waals surface area contributed by atoms with Crippen LogP contribution in [0.1, 0.15) is 38.7 Å². The smallest absolute Gasteiger partial charge is 0.191 e. The first-order chi connectivity index (χ1) is 11.7. The van der Waals surface area contributed by atoms with Gasteiger partial charge in [0.05, 0.1) is 0 Å². The molecule has 0 saturated heterocycles. The molecule has 0 aliphatic rings. The molecule has 2 aromatic rings. The number of hydrogen-bond donors (Lipinski definition) is 3. The minimum atomic E-state index is 0. The number of rotatable bonds is 8. The van der Waals surface area contributed by atoms with Crippen LogP contribution in [0, 0.1) is 5.92 Å². The zero-order valence-corrected chi connectivity index (χ0v) is 17.6. The molecule has 0 amide bonds. The topological polar surface area (TPSA) is 78.0 Å². The molecule has 0 aliphatic heterocycles. The first kappa shape index (κ1) is 21.4. The summed E-state index contributed by atoms with van der Waals surface area (Å²) >= 11 is 0. The number of nitrogens with one attached hydrogen (secondary N) is 3. The maximum absolute atomic E-state index is 4.27. The fourth-order valence-corrected chi connectivity index (χ4v) is 2.46. The second-order valence-corrected chi connectivity index (χ2v) is 6.28. The van der Waals surface area contributed by atoms with E-state index in [2.05, 4.69) is 56.8 Å². The van der Waals surface area contributed by atoms with Crippen molar-refractivity contribution in [3.05, 3.63) is 36.2 Å². The molecule has 3 N–H and O–H groups in total. The Morgan fingerprint density at radius 3 is 2.76 bits per heavy atom. The molecule has 25 heavy (non-hydrogen) atoms. The molecular weight excluding hydrogens is 427 g/mol. The van der Waals surface area contributed by atoms with Gasteiger partial charge in [-0.3, -0.25) is 10.1 Å². The molecule has 7 heteroatoms. The number of H-pyrrole nitrogens is 1. The third kappa shape index (κ3) is 7.85. The van der Waals surface area contributed by atoms with E-state index in [1.54, 1.807) is 7.05 Å². The Balaban J connectivity index is 0.00000312. The molecule has 0 fully saturated rings. The van der Waals surface area contributed by atoms with Crippen molar-refractivity contribution in [1.29, 1.82) is 0 Å². The summed E-state index contributed by atoms with van der Waals surface area (Å²) < 4.78 is 0. The van der Waals surface area contributed by atoms with Crippen molar-refractivity contribution < 1.29 is 0 Å². The molecule has 2 rings (SSSR count). The molecule has 0 aliphatic carbocycles. The standard InChI is InChI=1S/C18H28N6.HI/c1-14(2)7-4-5-10-20-18(19-3)21-12-15-8-6-9-16(11-15)17-22-13-23-24-17;/h6,8-9,11,13-14H,4-5,7,10,12H2,1-3H3,(H2,19,20,21)(H,22,23,24);1H. The van der Waals surface area contributed by atoms with Crippen molar-refractivity contribution in [3.8, 4) is 11.4 Å². The van der Waals surface area contributed by atoms with Crippen LogP contribution < -0.4 is 10.6 Å². The van der Waals surface area contributed by atoms with Crippen LogP contribution >= 0.6 is 24.0 Å². The van der Waals surface area contributed by atoms with Crippen LogP contribution in [0.5, 0.6) is 0 Å². The Morgan fingerprint density at radius 1 is 1.24 bits per heavy atom. The van der Waals surface area contributed by atoms with Crippen LogP contribution in [0.3, 0.4) is 0 Å². The molecule has 1 heterocycles. The molecule has 0 spiro atoms. The number of aliphatic imine (C=N–C) groups is 1. The highest BCUT2D eigenvalue weighted by Gasteiger charge is 2.03. The van der Waals surface area contributed by atoms with Gasteiger partial charge >= 0.3 is 0 Å². The minimum absolute atomic E-state index is 0. The number of unbranched alkanes of at least 4 members (excludes halogenated alkanes) is 1. The Kier molecular flexibility index (Phi) is 10.1. The summed E-state index contributed by atoms with van der Waals surface area (Å²) in [6, 6.07) is 8.23. The number of hydrogen-bond acceptors (Lipinski definition) is 3. The van der Waals surface area contributed by atoms with E-state index in [-0.39, 0.29) is 24.0 Å². The van der Waals surface area contributed by atoms with Crippen LogP contribution in [0.4, 0.5) is 0 Å². The molecule has 0 bridgehead atoms. The number of guanidine groups is 1. The van der Waals surface area contributed by atoms with E-state index in [1.807, 2.05) is 12.1 Å². The fraction of sp³-hybridized carbons (Fsp3) is 0.500. The molecule has 0 atom stereocenters. The van der Waals surface area contributed by atoms with Crippen LogP contribution in [0.2, 0.25) is 0 Å². The second kappa shape index (κ2) is 11.8. The van der Waals surface area contributed by atoms with Gasteiger partial charge in [-0.05, 0) is 24.0 Å². The van der Waals surface area contributed by atoms with Gasteiger partial charge in [0, 0.05) is 25.7 Å². The van der Waals surface area contributed by atoms with Crippen molar-refractivity contribution in [3.63, 3.8) is 0 Å². The predicted octanol–water partition coefficient (Wildman–Crippen LogP) is 3.58. The zero-order valence-electron chi connectivity index (χ0n) is 15.2. The SMILES string of the molecule is CN=C(NCCCCC(C)C)NCc1cccc(-c2ncn[nH]2)c1.I. The normalized spacial score (nSPS) is 11.3. The average Bonchev–Trinajstić information content (AvgIpc) is 3.12. The van der Waals surface area contributed by atoms with E-state index in [9.17, 15) is 0 Å². The van der Waals surface area contributed by atoms with Crippen molar-refractivity contribution in [2.24, 2.45) is 10.9 Å². The van der Waals surface area contributed by atoms with E-state index in [1.165, 1.54) is 31.2 Å². The van der Waals surface area contributed by atoms with Crippen molar-refractivity contribution in [2.75, 3.05) is 13.6 Å². The summed E-state index contributed by atoms with van der Waals surface area (Å²) in [4.78, 5) is 8.46. The number of benzene rings is 1. The Morgan fingerprint density at radius 2 is 2.08 bits per heavy atom. The highest BCUT2D eigenvalue weighted by Crippen LogP contribution is 2.15. The highest BCUT2D eigenvalue weighted by atomic mass is 127. The van der Waals surface area contributed by atoms with E-state index < -0.39 is 0 Å². The summed E-state index contributed by atoms with van der Waals surface area (Å²) in [5.74, 6) is 2.40. The molecule has 1 aromatic carbocycles. The van der Waals surface area contributed by atoms with Gasteiger partial charge in [0.25, 0.3) is 0 Å². The largest absolute Gasteiger partial charge is 0.356 e. The van der Waals surface area contributed by atoms with Crippen LogP contribution in [0.25, 0.3) is 11.4 Å². The molecule has 6 nitrogen and oxygen atoms in total. The first-order valence-electron chi connectivity index (χ1n) is 8.58. The third-order valence-electron chi connectivity index (χ3n) is 3.80. The number of aromatic amines is 1. The summed E-state index contributed by atoms with van der Waals surface area (Å²) in [6.45, 7) is 6.19. The predicted molar refractivity (Wildman–Crippen MR) is 114 cm³/mol. The fourth-order valence-electron chi connectivity index (χ4n) is 2.46. The lowest BCUT2D eigenvalue weighted by Gasteiger charge is -2.12. The van der Waals surface area contributed by atoms with Gasteiger partial charge in [0.1, 0.15) is 6.33 Å². The van der Waals surface area contributed by atoms with E-state index >= 15 is 0 Å². The van der Waals surface area contributed by atoms with Crippen molar-refractivity contribution in [2.45, 2.75) is 39.7 Å². The van der Waals surface area contributed by atoms with E-state index in [0.717, 1.165) is 29.8 Å². The van der Waals surface area contributed by atoms with Crippen molar-refractivity contribution in [1.82, 2.24) is 25.8 Å². The Labute approximate surface area is 167 Å². The van der Waals surface area contributed by atoms with Gasteiger partial charge < -0.3 is 10.6 Å². The summed E-state index contributed by atoms with van der Waals surface area (Å²) in [5.41, 5.74) is 2.20. The lowest BCUT2D eigenvalue weighted by atomic mass is 10.1. The molecular formula is C18H29IN6. The quantitative estimate of drug-likeness (QED) is 0.246. The van der Waals surface area contributed by atoms with Gasteiger partial charge in [-0.25, -0.2) is 4.98 Å². The van der Waals surface area contributed by atoms with Crippen LogP contribution in [0.15, 0.2) is 35.6 Å². The molecule has 1 aromatic heterocycles. The third-order valence-corrected chi connectivity index (χ3v) is 3.80. The second-order valence-electron chi connectivity index (χ2n) is 6.28. The van der Waals surface area contributed by atoms with Gasteiger partial charge in [-0.15, -0.1) is 24.0 Å². The molecule has 0 radical (unpaired) electrons. The Bertz CT molecular complexity index is 624. The number of aromatic nitrogens is 3. The van der Waals surface area contributed by atoms with Crippen LogP contribution in [-0.2, 0) is 6.54 Å². The lowest BCUT2D eigenvalue weighted by molar-refractivity contribution is 0.534. The van der Waals surface area contributed by atoms with Crippen molar-refractivity contribution >= 4 is 29.9 Å². The van der Waals surface area contributed by atoms with Gasteiger partial charge in [0.2, 0.25) is 0 Å². The molecule has 0 unspecified atom stereocenters. The number of halogens is 1. The minimum Gasteiger partial charge on any atom is -0.356 e. The van der Waals surface area contributed by atoms with E-state index in [4.69, 9.17) is 0 Å². The Hall–Kier alpha value is -1.64. The first-order valence-corrected chi connectivity index (χ1v) is 8.58. The lowest BCUT2D eigenvalue weighted by Crippen LogP contribution is -2.37. The number of nitrogens with zero attached hydrogens (tertiary/aromatic N) is 3. The summed E-state index contributed by atoms with van der Waals surface area (Å²) in [7, 11) is 1.80. The maximum atomic E-state index is 4.27. The van der Waals surface area contributed by atoms with Gasteiger partial charge in [0.15, 0.2) is 11.8 Å². The van der Waals surface area contributed by atoms with E-state index in [0.29, 0.717) is 6.54 Å². The maximum Gasteiger partial charge on any atom is 0.191 e. The monoisotopic (exact) mass is 456 g/mol. The zero-order chi connectivity index (χ0) is 17.2. The molecule has 138 valence electrons. The summed E-state index contributed by atoms with van der Waals surface area (Å²) in [5, 5.41) is 13.5. The van der Waals surface area contributed by atoms with Gasteiger partial charge in [-0.1, -0.05) is 44.9 Å². The summed E-state index contributed by atoms with van der Waals surface area (Å²) in [6.07, 6.45) is 5.22. The molecule has 0 saturated carbocycles. The van der Waals surface area contributed by atoms with Crippen LogP contribution in [-0.4, -0.2) is 34.7 Å². The highest BCUT2D eigenvalue weighted by molar-refractivity contribution is 14.0.